The molecular weight excluding hydrogens is 128 g/mol. The third-order valence-corrected chi connectivity index (χ3v) is 1.18. The van der Waals surface area contributed by atoms with Crippen molar-refractivity contribution in [1.29, 1.82) is 0 Å². The van der Waals surface area contributed by atoms with E-state index in [1.54, 1.807) is 6.20 Å². The van der Waals surface area contributed by atoms with Crippen molar-refractivity contribution in [3.8, 4) is 0 Å². The Hall–Kier alpha value is -1.25. The molecule has 0 aliphatic carbocycles. The van der Waals surface area contributed by atoms with Crippen molar-refractivity contribution in [2.24, 2.45) is 5.73 Å². The SMILES string of the molecule is C=C(N)CCc1cnco1. The van der Waals surface area contributed by atoms with Crippen molar-refractivity contribution < 1.29 is 4.42 Å². The van der Waals surface area contributed by atoms with Crippen LogP contribution in [0.15, 0.2) is 29.3 Å². The van der Waals surface area contributed by atoms with Gasteiger partial charge in [0.05, 0.1) is 6.20 Å². The summed E-state index contributed by atoms with van der Waals surface area (Å²) in [4.78, 5) is 3.76. The van der Waals surface area contributed by atoms with Crippen LogP contribution in [0.3, 0.4) is 0 Å². The number of allylic oxidation sites excluding steroid dienone is 1. The van der Waals surface area contributed by atoms with E-state index in [0.717, 1.165) is 18.6 Å². The highest BCUT2D eigenvalue weighted by Crippen LogP contribution is 2.02. The second-order valence-corrected chi connectivity index (χ2v) is 2.13. The first-order valence-corrected chi connectivity index (χ1v) is 3.09. The highest BCUT2D eigenvalue weighted by molar-refractivity contribution is 4.95. The summed E-state index contributed by atoms with van der Waals surface area (Å²) in [5, 5.41) is 0. The van der Waals surface area contributed by atoms with Crippen LogP contribution in [0, 0.1) is 0 Å². The summed E-state index contributed by atoms with van der Waals surface area (Å²) in [5.41, 5.74) is 6.03. The molecule has 3 heteroatoms. The number of hydrogen-bond donors (Lipinski definition) is 1. The third kappa shape index (κ3) is 1.93. The van der Waals surface area contributed by atoms with Gasteiger partial charge in [0.15, 0.2) is 6.39 Å². The van der Waals surface area contributed by atoms with Gasteiger partial charge >= 0.3 is 0 Å². The number of aryl methyl sites for hydroxylation is 1. The molecule has 1 rings (SSSR count). The number of nitrogens with two attached hydrogens (primary N) is 1. The average Bonchev–Trinajstić information content (AvgIpc) is 2.34. The molecule has 2 N–H and O–H groups in total. The van der Waals surface area contributed by atoms with Gasteiger partial charge in [-0.3, -0.25) is 0 Å². The van der Waals surface area contributed by atoms with Gasteiger partial charge in [0, 0.05) is 12.1 Å². The van der Waals surface area contributed by atoms with E-state index in [9.17, 15) is 0 Å². The molecule has 54 valence electrons. The zero-order chi connectivity index (χ0) is 7.40. The van der Waals surface area contributed by atoms with Crippen LogP contribution in [-0.2, 0) is 6.42 Å². The Bertz CT molecular complexity index is 203. The smallest absolute Gasteiger partial charge is 0.180 e. The van der Waals surface area contributed by atoms with E-state index in [-0.39, 0.29) is 0 Å². The summed E-state index contributed by atoms with van der Waals surface area (Å²) in [5.74, 6) is 0.853. The molecule has 0 fully saturated rings. The summed E-state index contributed by atoms with van der Waals surface area (Å²) >= 11 is 0. The van der Waals surface area contributed by atoms with Crippen molar-refractivity contribution in [1.82, 2.24) is 4.98 Å². The van der Waals surface area contributed by atoms with Crippen molar-refractivity contribution in [3.63, 3.8) is 0 Å². The highest BCUT2D eigenvalue weighted by atomic mass is 16.3. The minimum atomic E-state index is 0.677. The lowest BCUT2D eigenvalue weighted by Gasteiger charge is -1.93. The Kier molecular flexibility index (Phi) is 2.10. The number of rotatable bonds is 3. The molecule has 0 spiro atoms. The normalized spacial score (nSPS) is 9.60. The summed E-state index contributed by atoms with van der Waals surface area (Å²) in [6.07, 6.45) is 4.64. The van der Waals surface area contributed by atoms with Gasteiger partial charge in [0.1, 0.15) is 5.76 Å². The Morgan fingerprint density at radius 1 is 1.80 bits per heavy atom. The lowest BCUT2D eigenvalue weighted by molar-refractivity contribution is 0.502. The van der Waals surface area contributed by atoms with Gasteiger partial charge in [0.25, 0.3) is 0 Å². The van der Waals surface area contributed by atoms with E-state index >= 15 is 0 Å². The predicted octanol–water partition coefficient (Wildman–Crippen LogP) is 1.08. The summed E-state index contributed by atoms with van der Waals surface area (Å²) in [7, 11) is 0. The van der Waals surface area contributed by atoms with E-state index in [4.69, 9.17) is 10.2 Å². The molecule has 0 aromatic carbocycles. The predicted molar refractivity (Wildman–Crippen MR) is 38.2 cm³/mol. The second-order valence-electron chi connectivity index (χ2n) is 2.13. The minimum Gasteiger partial charge on any atom is -0.449 e. The average molecular weight is 138 g/mol. The van der Waals surface area contributed by atoms with Crippen LogP contribution < -0.4 is 5.73 Å². The maximum absolute atomic E-state index is 5.35. The molecule has 0 aliphatic heterocycles. The Morgan fingerprint density at radius 3 is 3.10 bits per heavy atom. The van der Waals surface area contributed by atoms with Crippen LogP contribution in [0.25, 0.3) is 0 Å². The number of aromatic nitrogens is 1. The molecule has 10 heavy (non-hydrogen) atoms. The molecule has 0 saturated heterocycles. The van der Waals surface area contributed by atoms with Crippen LogP contribution in [0.5, 0.6) is 0 Å². The first-order valence-electron chi connectivity index (χ1n) is 3.09. The zero-order valence-corrected chi connectivity index (χ0v) is 5.71. The van der Waals surface area contributed by atoms with Gasteiger partial charge in [-0.05, 0) is 6.42 Å². The highest BCUT2D eigenvalue weighted by Gasteiger charge is 1.95. The van der Waals surface area contributed by atoms with E-state index < -0.39 is 0 Å². The van der Waals surface area contributed by atoms with Gasteiger partial charge in [-0.25, -0.2) is 4.98 Å². The molecule has 0 amide bonds. The number of nitrogens with zero attached hydrogens (tertiary/aromatic N) is 1. The molecule has 3 nitrogen and oxygen atoms in total. The maximum atomic E-state index is 5.35. The van der Waals surface area contributed by atoms with Gasteiger partial charge in [-0.2, -0.15) is 0 Å². The van der Waals surface area contributed by atoms with Crippen molar-refractivity contribution in [2.45, 2.75) is 12.8 Å². The zero-order valence-electron chi connectivity index (χ0n) is 5.71. The fraction of sp³-hybridized carbons (Fsp3) is 0.286. The lowest BCUT2D eigenvalue weighted by Crippen LogP contribution is -1.95. The first-order chi connectivity index (χ1) is 4.79. The molecule has 0 unspecified atom stereocenters. The molecule has 1 aromatic heterocycles. The molecule has 0 aliphatic rings. The standard InChI is InChI=1S/C7H10N2O/c1-6(8)2-3-7-4-9-5-10-7/h4-5H,1-3,8H2. The fourth-order valence-corrected chi connectivity index (χ4v) is 0.649. The fourth-order valence-electron chi connectivity index (χ4n) is 0.649. The summed E-state index contributed by atoms with van der Waals surface area (Å²) in [6, 6.07) is 0. The minimum absolute atomic E-state index is 0.677. The van der Waals surface area contributed by atoms with Crippen LogP contribution in [-0.4, -0.2) is 4.98 Å². The molecule has 0 atom stereocenters. The van der Waals surface area contributed by atoms with Crippen LogP contribution in [0.4, 0.5) is 0 Å². The molecule has 1 heterocycles. The third-order valence-electron chi connectivity index (χ3n) is 1.18. The Labute approximate surface area is 59.6 Å². The van der Waals surface area contributed by atoms with Gasteiger partial charge in [0.2, 0.25) is 0 Å². The molecule has 0 saturated carbocycles. The lowest BCUT2D eigenvalue weighted by atomic mass is 10.2. The van der Waals surface area contributed by atoms with Crippen molar-refractivity contribution in [2.75, 3.05) is 0 Å². The van der Waals surface area contributed by atoms with Gasteiger partial charge < -0.3 is 10.2 Å². The van der Waals surface area contributed by atoms with Crippen LogP contribution >= 0.6 is 0 Å². The van der Waals surface area contributed by atoms with E-state index in [0.29, 0.717) is 5.70 Å². The second kappa shape index (κ2) is 3.06. The Balaban J connectivity index is 2.35. The van der Waals surface area contributed by atoms with E-state index in [1.165, 1.54) is 6.39 Å². The topological polar surface area (TPSA) is 52.0 Å². The number of oxazole rings is 1. The first kappa shape index (κ1) is 6.86. The molecular formula is C7H10N2O. The van der Waals surface area contributed by atoms with Crippen LogP contribution in [0.2, 0.25) is 0 Å². The molecule has 0 radical (unpaired) electrons. The van der Waals surface area contributed by atoms with Crippen molar-refractivity contribution in [3.05, 3.63) is 30.6 Å². The Morgan fingerprint density at radius 2 is 2.60 bits per heavy atom. The summed E-state index contributed by atoms with van der Waals surface area (Å²) in [6.45, 7) is 3.57. The molecule has 1 aromatic rings. The monoisotopic (exact) mass is 138 g/mol. The number of hydrogen-bond acceptors (Lipinski definition) is 3. The van der Waals surface area contributed by atoms with Crippen molar-refractivity contribution >= 4 is 0 Å². The van der Waals surface area contributed by atoms with Gasteiger partial charge in [-0.1, -0.05) is 6.58 Å². The maximum Gasteiger partial charge on any atom is 0.180 e. The van der Waals surface area contributed by atoms with E-state index in [2.05, 4.69) is 11.6 Å². The molecule has 0 bridgehead atoms. The van der Waals surface area contributed by atoms with Crippen LogP contribution in [0.1, 0.15) is 12.2 Å². The summed E-state index contributed by atoms with van der Waals surface area (Å²) < 4.78 is 4.98. The quantitative estimate of drug-likeness (QED) is 0.680. The van der Waals surface area contributed by atoms with E-state index in [1.807, 2.05) is 0 Å². The van der Waals surface area contributed by atoms with Gasteiger partial charge in [-0.15, -0.1) is 0 Å². The largest absolute Gasteiger partial charge is 0.449 e.